The first-order valence-electron chi connectivity index (χ1n) is 14.7. The Labute approximate surface area is 256 Å². The quantitative estimate of drug-likeness (QED) is 0.161. The van der Waals surface area contributed by atoms with Gasteiger partial charge in [0.05, 0.1) is 12.2 Å². The summed E-state index contributed by atoms with van der Waals surface area (Å²) in [6, 6.07) is 8.18. The molecule has 0 aromatic heterocycles. The van der Waals surface area contributed by atoms with Gasteiger partial charge >= 0.3 is 5.97 Å². The van der Waals surface area contributed by atoms with Gasteiger partial charge in [0.1, 0.15) is 11.5 Å². The van der Waals surface area contributed by atoms with Gasteiger partial charge in [-0.2, -0.15) is 5.06 Å². The van der Waals surface area contributed by atoms with Crippen LogP contribution in [0.2, 0.25) is 0 Å². The number of benzene rings is 2. The van der Waals surface area contributed by atoms with Gasteiger partial charge in [-0.1, -0.05) is 12.2 Å². The second-order valence-corrected chi connectivity index (χ2v) is 10.6. The number of imide groups is 1. The summed E-state index contributed by atoms with van der Waals surface area (Å²) < 4.78 is 5.72. The Hall–Kier alpha value is -4.61. The van der Waals surface area contributed by atoms with E-state index in [1.54, 1.807) is 18.2 Å². The smallest absolute Gasteiger partial charge is 0.336 e. The lowest BCUT2D eigenvalue weighted by atomic mass is 9.85. The van der Waals surface area contributed by atoms with Gasteiger partial charge in [0, 0.05) is 55.4 Å². The number of nitrogens with one attached hydrogen (secondary N) is 2. The fraction of sp³-hybridized carbons (Fsp3) is 0.364. The Kier molecular flexibility index (Phi) is 10.5. The van der Waals surface area contributed by atoms with Gasteiger partial charge in [0.2, 0.25) is 0 Å². The van der Waals surface area contributed by atoms with Crippen molar-refractivity contribution in [2.24, 2.45) is 0 Å². The number of anilines is 1. The van der Waals surface area contributed by atoms with Gasteiger partial charge in [-0.25, -0.2) is 9.63 Å². The van der Waals surface area contributed by atoms with E-state index in [4.69, 9.17) is 9.57 Å². The third-order valence-electron chi connectivity index (χ3n) is 7.37. The van der Waals surface area contributed by atoms with Crippen molar-refractivity contribution in [2.45, 2.75) is 59.7 Å². The topological polar surface area (TPSA) is 158 Å². The predicted molar refractivity (Wildman–Crippen MR) is 165 cm³/mol. The van der Waals surface area contributed by atoms with E-state index in [2.05, 4.69) is 16.7 Å². The van der Waals surface area contributed by atoms with Crippen LogP contribution in [0.15, 0.2) is 59.3 Å². The zero-order chi connectivity index (χ0) is 32.0. The van der Waals surface area contributed by atoms with Crippen molar-refractivity contribution in [2.75, 3.05) is 25.0 Å². The van der Waals surface area contributed by atoms with E-state index in [9.17, 15) is 29.7 Å². The van der Waals surface area contributed by atoms with E-state index in [1.807, 2.05) is 39.8 Å². The van der Waals surface area contributed by atoms with Crippen molar-refractivity contribution in [1.29, 1.82) is 0 Å². The SMILES string of the molecule is CCNC1=CC/C(=C(\c2cc(C)c(NCC)cc2O)c2ccc(OCCC(O)ON3C(=O)CCC3=O)cc2C(=O)O)C=C1C. The number of carbonyl (C=O) groups is 3. The van der Waals surface area contributed by atoms with Crippen LogP contribution in [-0.4, -0.2) is 64.2 Å². The Morgan fingerprint density at radius 2 is 1.70 bits per heavy atom. The van der Waals surface area contributed by atoms with E-state index in [1.165, 1.54) is 6.07 Å². The molecule has 0 bridgehead atoms. The molecule has 234 valence electrons. The van der Waals surface area contributed by atoms with E-state index in [-0.39, 0.29) is 42.9 Å². The van der Waals surface area contributed by atoms with Crippen LogP contribution in [0.5, 0.6) is 11.5 Å². The van der Waals surface area contributed by atoms with Gasteiger partial charge in [-0.3, -0.25) is 9.59 Å². The molecule has 1 unspecified atom stereocenters. The number of amides is 2. The summed E-state index contributed by atoms with van der Waals surface area (Å²) in [5.41, 5.74) is 5.99. The molecule has 2 aromatic carbocycles. The number of carboxylic acids is 1. The molecule has 11 nitrogen and oxygen atoms in total. The molecule has 2 amide bonds. The number of nitrogens with zero attached hydrogens (tertiary/aromatic N) is 1. The second kappa shape index (κ2) is 14.2. The lowest BCUT2D eigenvalue weighted by Gasteiger charge is -2.23. The molecule has 1 aliphatic heterocycles. The van der Waals surface area contributed by atoms with Crippen LogP contribution in [0, 0.1) is 6.92 Å². The number of aromatic hydroxyl groups is 1. The number of carbonyl (C=O) groups excluding carboxylic acids is 2. The lowest BCUT2D eigenvalue weighted by Crippen LogP contribution is -2.34. The molecule has 5 N–H and O–H groups in total. The zero-order valence-electron chi connectivity index (χ0n) is 25.4. The minimum atomic E-state index is -1.46. The maximum Gasteiger partial charge on any atom is 0.336 e. The fourth-order valence-corrected chi connectivity index (χ4v) is 5.25. The number of aromatic carboxylic acids is 1. The Morgan fingerprint density at radius 3 is 2.34 bits per heavy atom. The molecule has 0 spiro atoms. The van der Waals surface area contributed by atoms with Crippen molar-refractivity contribution >= 4 is 29.0 Å². The standard InChI is InChI=1S/C33H39N3O8/c1-5-34-26-10-7-21(15-19(26)3)32(25-16-20(4)27(35-6-2)18-28(25)37)23-9-8-22(17-24(23)33(41)42)43-14-13-31(40)44-36-29(38)11-12-30(36)39/h8-10,15-18,31,34-35,37,40H,5-7,11-14H2,1-4H3,(H,41,42)/b32-21+. The highest BCUT2D eigenvalue weighted by molar-refractivity contribution is 6.01. The number of phenolic OH excluding ortho intramolecular Hbond substituents is 1. The number of rotatable bonds is 13. The van der Waals surface area contributed by atoms with Gasteiger partial charge in [0.15, 0.2) is 6.29 Å². The van der Waals surface area contributed by atoms with Crippen LogP contribution in [0.4, 0.5) is 5.69 Å². The minimum Gasteiger partial charge on any atom is -0.507 e. The Morgan fingerprint density at radius 1 is 1.00 bits per heavy atom. The van der Waals surface area contributed by atoms with Crippen molar-refractivity contribution in [3.05, 3.63) is 81.6 Å². The number of aryl methyl sites for hydroxylation is 1. The molecule has 1 saturated heterocycles. The molecule has 1 aliphatic carbocycles. The number of aliphatic hydroxyl groups is 1. The van der Waals surface area contributed by atoms with Crippen molar-refractivity contribution in [3.8, 4) is 11.5 Å². The van der Waals surface area contributed by atoms with Crippen molar-refractivity contribution < 1.29 is 39.3 Å². The number of hydrogen-bond donors (Lipinski definition) is 5. The van der Waals surface area contributed by atoms with E-state index < -0.39 is 24.1 Å². The highest BCUT2D eigenvalue weighted by atomic mass is 16.8. The maximum atomic E-state index is 12.6. The average molecular weight is 606 g/mol. The maximum absolute atomic E-state index is 12.6. The summed E-state index contributed by atoms with van der Waals surface area (Å²) in [6.45, 7) is 9.25. The average Bonchev–Trinajstić information content (AvgIpc) is 3.29. The fourth-order valence-electron chi connectivity index (χ4n) is 5.25. The van der Waals surface area contributed by atoms with Gasteiger partial charge in [-0.15, -0.1) is 0 Å². The number of allylic oxidation sites excluding steroid dienone is 4. The highest BCUT2D eigenvalue weighted by Gasteiger charge is 2.32. The molecule has 11 heteroatoms. The van der Waals surface area contributed by atoms with Crippen molar-refractivity contribution in [1.82, 2.24) is 10.4 Å². The number of aliphatic hydroxyl groups excluding tert-OH is 1. The summed E-state index contributed by atoms with van der Waals surface area (Å²) in [5.74, 6) is -1.96. The Bertz CT molecular complexity index is 1530. The number of hydrogen-bond acceptors (Lipinski definition) is 9. The molecule has 1 heterocycles. The molecule has 4 rings (SSSR count). The molecule has 0 saturated carbocycles. The van der Waals surface area contributed by atoms with Gasteiger partial charge < -0.3 is 30.7 Å². The van der Waals surface area contributed by atoms with E-state index in [0.717, 1.165) is 34.6 Å². The summed E-state index contributed by atoms with van der Waals surface area (Å²) in [4.78, 5) is 41.1. The predicted octanol–water partition coefficient (Wildman–Crippen LogP) is 4.64. The molecule has 1 atom stereocenters. The summed E-state index contributed by atoms with van der Waals surface area (Å²) in [5, 5.41) is 38.8. The largest absolute Gasteiger partial charge is 0.507 e. The first-order valence-corrected chi connectivity index (χ1v) is 14.7. The second-order valence-electron chi connectivity index (χ2n) is 10.6. The van der Waals surface area contributed by atoms with Crippen molar-refractivity contribution in [3.63, 3.8) is 0 Å². The number of phenols is 1. The zero-order valence-corrected chi connectivity index (χ0v) is 25.4. The van der Waals surface area contributed by atoms with Crippen LogP contribution in [0.1, 0.15) is 73.5 Å². The molecule has 2 aliphatic rings. The number of likely N-dealkylation sites (N-methyl/N-ethyl adjacent to an activating group) is 1. The minimum absolute atomic E-state index is 0.0159. The van der Waals surface area contributed by atoms with E-state index >= 15 is 0 Å². The van der Waals surface area contributed by atoms with Crippen LogP contribution < -0.4 is 15.4 Å². The number of hydroxylamine groups is 2. The Balaban J connectivity index is 1.68. The third kappa shape index (κ3) is 7.29. The first kappa shape index (κ1) is 32.3. The molecule has 0 radical (unpaired) electrons. The first-order chi connectivity index (χ1) is 21.0. The van der Waals surface area contributed by atoms with Crippen LogP contribution >= 0.6 is 0 Å². The molecular weight excluding hydrogens is 566 g/mol. The molecule has 2 aromatic rings. The molecule has 1 fully saturated rings. The van der Waals surface area contributed by atoms with E-state index in [0.29, 0.717) is 34.7 Å². The van der Waals surface area contributed by atoms with Gasteiger partial charge in [-0.05, 0) is 86.2 Å². The van der Waals surface area contributed by atoms with Gasteiger partial charge in [0.25, 0.3) is 11.8 Å². The summed E-state index contributed by atoms with van der Waals surface area (Å²) in [7, 11) is 0. The third-order valence-corrected chi connectivity index (χ3v) is 7.37. The highest BCUT2D eigenvalue weighted by Crippen LogP contribution is 2.41. The molecule has 44 heavy (non-hydrogen) atoms. The molecular formula is C33H39N3O8. The number of carboxylic acid groups (broad SMARTS) is 1. The lowest BCUT2D eigenvalue weighted by molar-refractivity contribution is -0.246. The van der Waals surface area contributed by atoms with Crippen LogP contribution in [0.25, 0.3) is 5.57 Å². The monoisotopic (exact) mass is 605 g/mol. The van der Waals surface area contributed by atoms with Crippen LogP contribution in [-0.2, 0) is 14.4 Å². The normalized spacial score (nSPS) is 16.8. The van der Waals surface area contributed by atoms with Crippen LogP contribution in [0.3, 0.4) is 0 Å². The summed E-state index contributed by atoms with van der Waals surface area (Å²) in [6.07, 6.45) is 3.10. The summed E-state index contributed by atoms with van der Waals surface area (Å²) >= 11 is 0. The number of ether oxygens (including phenoxy) is 1.